The molecule has 1 aromatic rings. The van der Waals surface area contributed by atoms with E-state index in [-0.39, 0.29) is 0 Å². The first-order valence-corrected chi connectivity index (χ1v) is 8.49. The van der Waals surface area contributed by atoms with Gasteiger partial charge in [-0.05, 0) is 18.4 Å². The molecular formula is C16H20O8S. The summed E-state index contributed by atoms with van der Waals surface area (Å²) in [6.45, 7) is 5.07. The number of hydrogen-bond acceptors (Lipinski definition) is 9. The van der Waals surface area contributed by atoms with E-state index in [4.69, 9.17) is 18.9 Å². The third-order valence-electron chi connectivity index (χ3n) is 3.61. The molecule has 0 bridgehead atoms. The Hall–Kier alpha value is -1.97. The molecule has 1 aliphatic rings. The van der Waals surface area contributed by atoms with Gasteiger partial charge in [0.15, 0.2) is 12.2 Å². The quantitative estimate of drug-likeness (QED) is 0.618. The van der Waals surface area contributed by atoms with Gasteiger partial charge in [0.05, 0.1) is 11.0 Å². The SMILES string of the molecule is CC(=O)O[C@@H]1[C@H](OC(C)=O)[C@H](C)O[C@@](O)(c2cccs2)[C@H]1OC(C)=O. The molecule has 0 aliphatic carbocycles. The highest BCUT2D eigenvalue weighted by Crippen LogP contribution is 2.42. The van der Waals surface area contributed by atoms with Gasteiger partial charge in [0, 0.05) is 20.8 Å². The van der Waals surface area contributed by atoms with Gasteiger partial charge in [0.2, 0.25) is 11.9 Å². The highest BCUT2D eigenvalue weighted by Gasteiger charge is 2.59. The molecule has 0 radical (unpaired) electrons. The highest BCUT2D eigenvalue weighted by atomic mass is 32.1. The summed E-state index contributed by atoms with van der Waals surface area (Å²) in [4.78, 5) is 34.9. The molecule has 1 saturated heterocycles. The summed E-state index contributed by atoms with van der Waals surface area (Å²) in [6, 6.07) is 3.29. The lowest BCUT2D eigenvalue weighted by Gasteiger charge is -2.47. The molecule has 0 spiro atoms. The molecule has 1 aromatic heterocycles. The van der Waals surface area contributed by atoms with Crippen molar-refractivity contribution in [2.24, 2.45) is 0 Å². The van der Waals surface area contributed by atoms with Gasteiger partial charge in [-0.3, -0.25) is 14.4 Å². The van der Waals surface area contributed by atoms with Crippen LogP contribution in [-0.4, -0.2) is 47.4 Å². The largest absolute Gasteiger partial charge is 0.456 e. The van der Waals surface area contributed by atoms with Crippen molar-refractivity contribution >= 4 is 29.2 Å². The summed E-state index contributed by atoms with van der Waals surface area (Å²) in [5.74, 6) is -4.06. The second-order valence-electron chi connectivity index (χ2n) is 5.67. The van der Waals surface area contributed by atoms with Crippen molar-refractivity contribution in [2.45, 2.75) is 57.9 Å². The molecule has 2 heterocycles. The summed E-state index contributed by atoms with van der Waals surface area (Å²) in [7, 11) is 0. The first-order chi connectivity index (χ1) is 11.6. The minimum absolute atomic E-state index is 0.365. The third kappa shape index (κ3) is 4.17. The van der Waals surface area contributed by atoms with Crippen LogP contribution in [0.15, 0.2) is 17.5 Å². The van der Waals surface area contributed by atoms with Crippen molar-refractivity contribution < 1.29 is 38.4 Å². The molecule has 5 atom stereocenters. The van der Waals surface area contributed by atoms with E-state index < -0.39 is 48.1 Å². The van der Waals surface area contributed by atoms with Crippen molar-refractivity contribution in [2.75, 3.05) is 0 Å². The molecule has 1 N–H and O–H groups in total. The number of ether oxygens (including phenoxy) is 4. The minimum Gasteiger partial charge on any atom is -0.456 e. The van der Waals surface area contributed by atoms with Crippen LogP contribution in [0.2, 0.25) is 0 Å². The molecule has 1 fully saturated rings. The van der Waals surface area contributed by atoms with Crippen LogP contribution in [0.1, 0.15) is 32.6 Å². The van der Waals surface area contributed by atoms with Crippen LogP contribution in [0.25, 0.3) is 0 Å². The minimum atomic E-state index is -2.05. The lowest BCUT2D eigenvalue weighted by molar-refractivity contribution is -0.352. The van der Waals surface area contributed by atoms with Crippen LogP contribution in [0.4, 0.5) is 0 Å². The zero-order valence-electron chi connectivity index (χ0n) is 14.3. The number of carbonyl (C=O) groups is 3. The lowest BCUT2D eigenvalue weighted by Crippen LogP contribution is -2.65. The monoisotopic (exact) mass is 372 g/mol. The number of carbonyl (C=O) groups excluding carboxylic acids is 3. The molecular weight excluding hydrogens is 352 g/mol. The van der Waals surface area contributed by atoms with Crippen LogP contribution in [0, 0.1) is 0 Å². The summed E-state index contributed by atoms with van der Waals surface area (Å²) < 4.78 is 21.4. The van der Waals surface area contributed by atoms with E-state index in [9.17, 15) is 19.5 Å². The number of rotatable bonds is 4. The fourth-order valence-corrected chi connectivity index (χ4v) is 3.55. The fraction of sp³-hybridized carbons (Fsp3) is 0.562. The Balaban J connectivity index is 2.50. The maximum absolute atomic E-state index is 11.6. The Labute approximate surface area is 148 Å². The van der Waals surface area contributed by atoms with Crippen molar-refractivity contribution in [3.63, 3.8) is 0 Å². The first kappa shape index (κ1) is 19.4. The second kappa shape index (κ2) is 7.51. The summed E-state index contributed by atoms with van der Waals surface area (Å²) in [5.41, 5.74) is 0. The van der Waals surface area contributed by atoms with Gasteiger partial charge in [0.1, 0.15) is 0 Å². The average Bonchev–Trinajstić information content (AvgIpc) is 3.01. The standard InChI is InChI=1S/C16H20O8S/c1-8-13(21-9(2)17)14(22-10(3)18)15(23-11(4)19)16(20,24-8)12-6-5-7-25-12/h5-8,13-15,20H,1-4H3/t8-,13+,14+,15-,16-/m0/s1. The van der Waals surface area contributed by atoms with E-state index in [1.807, 2.05) is 0 Å². The Morgan fingerprint density at radius 3 is 2.12 bits per heavy atom. The predicted octanol–water partition coefficient (Wildman–Crippen LogP) is 1.11. The maximum Gasteiger partial charge on any atom is 0.303 e. The van der Waals surface area contributed by atoms with Crippen molar-refractivity contribution in [1.82, 2.24) is 0 Å². The van der Waals surface area contributed by atoms with E-state index in [2.05, 4.69) is 0 Å². The molecule has 25 heavy (non-hydrogen) atoms. The number of aliphatic hydroxyl groups is 1. The Kier molecular flexibility index (Phi) is 5.81. The van der Waals surface area contributed by atoms with Gasteiger partial charge in [-0.15, -0.1) is 11.3 Å². The molecule has 8 nitrogen and oxygen atoms in total. The van der Waals surface area contributed by atoms with E-state index in [0.29, 0.717) is 4.88 Å². The number of hydrogen-bond donors (Lipinski definition) is 1. The molecule has 0 amide bonds. The van der Waals surface area contributed by atoms with Gasteiger partial charge in [-0.25, -0.2) is 0 Å². The number of esters is 3. The smallest absolute Gasteiger partial charge is 0.303 e. The van der Waals surface area contributed by atoms with Gasteiger partial charge >= 0.3 is 17.9 Å². The van der Waals surface area contributed by atoms with Crippen molar-refractivity contribution in [1.29, 1.82) is 0 Å². The molecule has 2 rings (SSSR count). The highest BCUT2D eigenvalue weighted by molar-refractivity contribution is 7.10. The second-order valence-corrected chi connectivity index (χ2v) is 6.62. The molecule has 138 valence electrons. The fourth-order valence-electron chi connectivity index (χ4n) is 2.76. The van der Waals surface area contributed by atoms with Crippen LogP contribution in [0.3, 0.4) is 0 Å². The van der Waals surface area contributed by atoms with E-state index in [0.717, 1.165) is 6.92 Å². The molecule has 1 aliphatic heterocycles. The maximum atomic E-state index is 11.6. The van der Waals surface area contributed by atoms with Gasteiger partial charge < -0.3 is 24.1 Å². The summed E-state index contributed by atoms with van der Waals surface area (Å²) >= 11 is 1.18. The Morgan fingerprint density at radius 2 is 1.64 bits per heavy atom. The molecule has 9 heteroatoms. The normalized spacial score (nSPS) is 31.9. The van der Waals surface area contributed by atoms with E-state index in [1.54, 1.807) is 24.4 Å². The zero-order chi connectivity index (χ0) is 18.8. The first-order valence-electron chi connectivity index (χ1n) is 7.61. The number of thiophene rings is 1. The van der Waals surface area contributed by atoms with Crippen molar-refractivity contribution in [3.05, 3.63) is 22.4 Å². The third-order valence-corrected chi connectivity index (χ3v) is 4.58. The molecule has 0 unspecified atom stereocenters. The van der Waals surface area contributed by atoms with E-state index in [1.165, 1.54) is 25.2 Å². The summed E-state index contributed by atoms with van der Waals surface area (Å²) in [5, 5.41) is 12.8. The lowest BCUT2D eigenvalue weighted by atomic mass is 9.91. The van der Waals surface area contributed by atoms with Crippen LogP contribution in [0.5, 0.6) is 0 Å². The van der Waals surface area contributed by atoms with Gasteiger partial charge in [-0.2, -0.15) is 0 Å². The molecule has 0 saturated carbocycles. The average molecular weight is 372 g/mol. The van der Waals surface area contributed by atoms with Crippen LogP contribution in [-0.2, 0) is 39.1 Å². The zero-order valence-corrected chi connectivity index (χ0v) is 15.1. The Morgan fingerprint density at radius 1 is 1.08 bits per heavy atom. The van der Waals surface area contributed by atoms with Crippen LogP contribution < -0.4 is 0 Å². The molecule has 0 aromatic carbocycles. The topological polar surface area (TPSA) is 108 Å². The van der Waals surface area contributed by atoms with Gasteiger partial charge in [-0.1, -0.05) is 6.07 Å². The summed E-state index contributed by atoms with van der Waals surface area (Å²) in [6.07, 6.45) is -4.52. The predicted molar refractivity (Wildman–Crippen MR) is 85.4 cm³/mol. The van der Waals surface area contributed by atoms with Gasteiger partial charge in [0.25, 0.3) is 0 Å². The van der Waals surface area contributed by atoms with Crippen LogP contribution >= 0.6 is 11.3 Å². The Bertz CT molecular complexity index is 643. The van der Waals surface area contributed by atoms with E-state index >= 15 is 0 Å². The van der Waals surface area contributed by atoms with Crippen molar-refractivity contribution in [3.8, 4) is 0 Å².